The van der Waals surface area contributed by atoms with Crippen LogP contribution in [-0.2, 0) is 6.54 Å². The first-order valence-corrected chi connectivity index (χ1v) is 8.52. The van der Waals surface area contributed by atoms with Crippen LogP contribution in [0.1, 0.15) is 24.0 Å². The Balaban J connectivity index is 1.96. The quantitative estimate of drug-likeness (QED) is 0.733. The third kappa shape index (κ3) is 3.09. The van der Waals surface area contributed by atoms with Crippen LogP contribution in [-0.4, -0.2) is 25.9 Å². The van der Waals surface area contributed by atoms with Gasteiger partial charge in [-0.2, -0.15) is 0 Å². The molecule has 0 fully saturated rings. The predicted octanol–water partition coefficient (Wildman–Crippen LogP) is 3.06. The van der Waals surface area contributed by atoms with Crippen molar-refractivity contribution in [1.82, 2.24) is 24.7 Å². The fourth-order valence-electron chi connectivity index (χ4n) is 2.12. The van der Waals surface area contributed by atoms with Gasteiger partial charge in [0.15, 0.2) is 10.1 Å². The lowest BCUT2D eigenvalue weighted by molar-refractivity contribution is 0.694. The standard InChI is InChI=1S/C14H17N5S2/c1-4-15-8-11-12(18-14-19(11)5-6-20-14)21-13-16-9(2)7-10(3)17-13/h5-7,15H,4,8H2,1-3H3. The van der Waals surface area contributed by atoms with Crippen LogP contribution in [0.2, 0.25) is 0 Å². The first-order chi connectivity index (χ1) is 10.2. The summed E-state index contributed by atoms with van der Waals surface area (Å²) in [6.07, 6.45) is 2.06. The summed E-state index contributed by atoms with van der Waals surface area (Å²) >= 11 is 3.18. The maximum absolute atomic E-state index is 4.70. The highest BCUT2D eigenvalue weighted by atomic mass is 32.2. The fourth-order valence-corrected chi connectivity index (χ4v) is 3.89. The number of rotatable bonds is 5. The minimum atomic E-state index is 0.760. The third-order valence-electron chi connectivity index (χ3n) is 3.02. The molecule has 0 amide bonds. The Morgan fingerprint density at radius 3 is 2.71 bits per heavy atom. The molecule has 0 saturated heterocycles. The molecule has 0 aliphatic rings. The zero-order valence-corrected chi connectivity index (χ0v) is 13.9. The molecule has 0 radical (unpaired) electrons. The maximum Gasteiger partial charge on any atom is 0.194 e. The molecule has 7 heteroatoms. The second-order valence-electron chi connectivity index (χ2n) is 4.73. The van der Waals surface area contributed by atoms with Crippen molar-refractivity contribution in [2.45, 2.75) is 37.5 Å². The van der Waals surface area contributed by atoms with Crippen LogP contribution in [0.5, 0.6) is 0 Å². The van der Waals surface area contributed by atoms with Gasteiger partial charge < -0.3 is 5.32 Å². The lowest BCUT2D eigenvalue weighted by atomic mass is 10.4. The van der Waals surface area contributed by atoms with Crippen molar-refractivity contribution in [1.29, 1.82) is 0 Å². The zero-order valence-electron chi connectivity index (χ0n) is 12.3. The van der Waals surface area contributed by atoms with Gasteiger partial charge in [0.2, 0.25) is 0 Å². The van der Waals surface area contributed by atoms with E-state index in [1.54, 1.807) is 11.3 Å². The second kappa shape index (κ2) is 6.13. The average Bonchev–Trinajstić information content (AvgIpc) is 2.96. The molecular weight excluding hydrogens is 302 g/mol. The van der Waals surface area contributed by atoms with Crippen molar-refractivity contribution in [3.63, 3.8) is 0 Å². The topological polar surface area (TPSA) is 55.1 Å². The Kier molecular flexibility index (Phi) is 4.23. The van der Waals surface area contributed by atoms with E-state index in [4.69, 9.17) is 4.98 Å². The number of thiazole rings is 1. The smallest absolute Gasteiger partial charge is 0.194 e. The summed E-state index contributed by atoms with van der Waals surface area (Å²) in [7, 11) is 0. The van der Waals surface area contributed by atoms with Gasteiger partial charge in [-0.25, -0.2) is 15.0 Å². The molecule has 0 bridgehead atoms. The number of fused-ring (bicyclic) bond motifs is 1. The Morgan fingerprint density at radius 2 is 2.00 bits per heavy atom. The van der Waals surface area contributed by atoms with Gasteiger partial charge in [0.1, 0.15) is 5.03 Å². The number of aryl methyl sites for hydroxylation is 2. The molecule has 3 heterocycles. The monoisotopic (exact) mass is 319 g/mol. The minimum absolute atomic E-state index is 0.760. The van der Waals surface area contributed by atoms with Crippen molar-refractivity contribution in [2.24, 2.45) is 0 Å². The van der Waals surface area contributed by atoms with Crippen molar-refractivity contribution in [3.8, 4) is 0 Å². The van der Waals surface area contributed by atoms with E-state index in [-0.39, 0.29) is 0 Å². The average molecular weight is 319 g/mol. The van der Waals surface area contributed by atoms with Gasteiger partial charge >= 0.3 is 0 Å². The van der Waals surface area contributed by atoms with Gasteiger partial charge in [0, 0.05) is 29.5 Å². The van der Waals surface area contributed by atoms with Gasteiger partial charge in [0.05, 0.1) is 5.69 Å². The molecule has 1 N–H and O–H groups in total. The lowest BCUT2D eigenvalue weighted by Crippen LogP contribution is -2.13. The van der Waals surface area contributed by atoms with E-state index in [2.05, 4.69) is 38.2 Å². The zero-order chi connectivity index (χ0) is 14.8. The van der Waals surface area contributed by atoms with Gasteiger partial charge in [-0.05, 0) is 38.2 Å². The van der Waals surface area contributed by atoms with Crippen LogP contribution in [0.4, 0.5) is 0 Å². The molecule has 3 aromatic rings. The van der Waals surface area contributed by atoms with E-state index in [1.165, 1.54) is 17.5 Å². The SMILES string of the molecule is CCNCc1c(Sc2nc(C)cc(C)n2)nc2sccn12. The van der Waals surface area contributed by atoms with E-state index in [1.807, 2.05) is 19.9 Å². The summed E-state index contributed by atoms with van der Waals surface area (Å²) < 4.78 is 2.14. The van der Waals surface area contributed by atoms with Crippen LogP contribution < -0.4 is 5.32 Å². The number of nitrogens with zero attached hydrogens (tertiary/aromatic N) is 4. The highest BCUT2D eigenvalue weighted by Crippen LogP contribution is 2.30. The van der Waals surface area contributed by atoms with Gasteiger partial charge in [-0.15, -0.1) is 11.3 Å². The molecular formula is C14H17N5S2. The van der Waals surface area contributed by atoms with Gasteiger partial charge in [0.25, 0.3) is 0 Å². The Morgan fingerprint density at radius 1 is 1.24 bits per heavy atom. The van der Waals surface area contributed by atoms with E-state index < -0.39 is 0 Å². The lowest BCUT2D eigenvalue weighted by Gasteiger charge is -2.05. The molecule has 5 nitrogen and oxygen atoms in total. The fraction of sp³-hybridized carbons (Fsp3) is 0.357. The number of hydrogen-bond acceptors (Lipinski definition) is 6. The number of nitrogens with one attached hydrogen (secondary N) is 1. The molecule has 3 aromatic heterocycles. The number of hydrogen-bond donors (Lipinski definition) is 1. The van der Waals surface area contributed by atoms with Gasteiger partial charge in [-0.3, -0.25) is 4.40 Å². The highest BCUT2D eigenvalue weighted by molar-refractivity contribution is 7.99. The van der Waals surface area contributed by atoms with Crippen molar-refractivity contribution in [3.05, 3.63) is 34.7 Å². The van der Waals surface area contributed by atoms with Crippen LogP contribution in [0.3, 0.4) is 0 Å². The molecule has 3 rings (SSSR count). The molecule has 0 unspecified atom stereocenters. The third-order valence-corrected chi connectivity index (χ3v) is 4.66. The van der Waals surface area contributed by atoms with E-state index in [0.29, 0.717) is 0 Å². The second-order valence-corrected chi connectivity index (χ2v) is 6.56. The van der Waals surface area contributed by atoms with E-state index in [0.717, 1.165) is 39.6 Å². The summed E-state index contributed by atoms with van der Waals surface area (Å²) in [5, 5.41) is 7.17. The van der Waals surface area contributed by atoms with Crippen LogP contribution in [0, 0.1) is 13.8 Å². The van der Waals surface area contributed by atoms with Crippen molar-refractivity contribution in [2.75, 3.05) is 6.54 Å². The minimum Gasteiger partial charge on any atom is -0.311 e. The Labute approximate surface area is 131 Å². The first-order valence-electron chi connectivity index (χ1n) is 6.82. The van der Waals surface area contributed by atoms with E-state index in [9.17, 15) is 0 Å². The summed E-state index contributed by atoms with van der Waals surface area (Å²) in [5.74, 6) is 0. The molecule has 110 valence electrons. The highest BCUT2D eigenvalue weighted by Gasteiger charge is 2.15. The largest absolute Gasteiger partial charge is 0.311 e. The van der Waals surface area contributed by atoms with Crippen LogP contribution in [0.15, 0.2) is 27.8 Å². The number of aromatic nitrogens is 4. The summed E-state index contributed by atoms with van der Waals surface area (Å²) in [4.78, 5) is 14.7. The van der Waals surface area contributed by atoms with Crippen LogP contribution >= 0.6 is 23.1 Å². The maximum atomic E-state index is 4.70. The molecule has 0 aliphatic heterocycles. The Bertz CT molecular complexity index is 742. The Hall–Kier alpha value is -1.44. The normalized spacial score (nSPS) is 11.4. The molecule has 0 aliphatic carbocycles. The predicted molar refractivity (Wildman–Crippen MR) is 86.1 cm³/mol. The molecule has 0 spiro atoms. The molecule has 0 atom stereocenters. The summed E-state index contributed by atoms with van der Waals surface area (Å²) in [6, 6.07) is 1.98. The van der Waals surface area contributed by atoms with Gasteiger partial charge in [-0.1, -0.05) is 6.92 Å². The van der Waals surface area contributed by atoms with E-state index >= 15 is 0 Å². The van der Waals surface area contributed by atoms with Crippen LogP contribution in [0.25, 0.3) is 4.96 Å². The molecule has 0 aromatic carbocycles. The molecule has 21 heavy (non-hydrogen) atoms. The molecule has 0 saturated carbocycles. The van der Waals surface area contributed by atoms with Crippen molar-refractivity contribution < 1.29 is 0 Å². The summed E-state index contributed by atoms with van der Waals surface area (Å²) in [6.45, 7) is 7.81. The van der Waals surface area contributed by atoms with Crippen molar-refractivity contribution >= 4 is 28.1 Å². The first kappa shape index (κ1) is 14.5. The number of imidazole rings is 1. The summed E-state index contributed by atoms with van der Waals surface area (Å²) in [5.41, 5.74) is 3.14.